The van der Waals surface area contributed by atoms with E-state index in [1.807, 2.05) is 11.6 Å². The van der Waals surface area contributed by atoms with E-state index < -0.39 is 10.0 Å². The molecule has 31 heavy (non-hydrogen) atoms. The molecule has 0 aliphatic carbocycles. The van der Waals surface area contributed by atoms with Crippen LogP contribution in [0.1, 0.15) is 45.1 Å². The van der Waals surface area contributed by atoms with Crippen molar-refractivity contribution in [2.45, 2.75) is 56.0 Å². The Morgan fingerprint density at radius 1 is 1.13 bits per heavy atom. The van der Waals surface area contributed by atoms with Crippen LogP contribution in [0.3, 0.4) is 0 Å². The molecule has 2 fully saturated rings. The molecule has 1 aromatic carbocycles. The first-order valence-corrected chi connectivity index (χ1v) is 12.4. The molecule has 9 nitrogen and oxygen atoms in total. The summed E-state index contributed by atoms with van der Waals surface area (Å²) in [5.74, 6) is -0.133. The summed E-state index contributed by atoms with van der Waals surface area (Å²) in [5.41, 5.74) is 0.507. The molecule has 2 aliphatic heterocycles. The Bertz CT molecular complexity index is 980. The van der Waals surface area contributed by atoms with Gasteiger partial charge in [0.25, 0.3) is 0 Å². The van der Waals surface area contributed by atoms with Crippen molar-refractivity contribution in [3.63, 3.8) is 0 Å². The quantitative estimate of drug-likeness (QED) is 0.730. The van der Waals surface area contributed by atoms with Gasteiger partial charge in [-0.1, -0.05) is 12.5 Å². The van der Waals surface area contributed by atoms with Gasteiger partial charge in [-0.25, -0.2) is 18.1 Å². The zero-order chi connectivity index (χ0) is 21.8. The smallest absolute Gasteiger partial charge is 0.243 e. The summed E-state index contributed by atoms with van der Waals surface area (Å²) in [5, 5.41) is 7.12. The van der Waals surface area contributed by atoms with Crippen LogP contribution in [-0.2, 0) is 14.8 Å². The first-order valence-electron chi connectivity index (χ1n) is 10.9. The average Bonchev–Trinajstić information content (AvgIpc) is 3.34. The van der Waals surface area contributed by atoms with Crippen molar-refractivity contribution < 1.29 is 13.2 Å². The maximum absolute atomic E-state index is 12.9. The van der Waals surface area contributed by atoms with Crippen LogP contribution in [0.15, 0.2) is 41.8 Å². The summed E-state index contributed by atoms with van der Waals surface area (Å²) >= 11 is 0. The molecule has 0 bridgehead atoms. The van der Waals surface area contributed by atoms with Crippen LogP contribution in [0.5, 0.6) is 0 Å². The molecule has 1 unspecified atom stereocenters. The SMILES string of the molecule is CC(C(=O)Nc1cccc(S(=O)(=O)N2CCCCC2)c1)N1CCC(n2cncn2)CC1. The minimum absolute atomic E-state index is 0.133. The fraction of sp³-hybridized carbons (Fsp3) is 0.571. The largest absolute Gasteiger partial charge is 0.325 e. The first-order chi connectivity index (χ1) is 14.9. The number of carbonyl (C=O) groups excluding carboxylic acids is 1. The summed E-state index contributed by atoms with van der Waals surface area (Å²) in [6.07, 6.45) is 7.94. The molecule has 4 rings (SSSR count). The molecule has 168 valence electrons. The fourth-order valence-electron chi connectivity index (χ4n) is 4.34. The van der Waals surface area contributed by atoms with Crippen LogP contribution < -0.4 is 5.32 Å². The Labute approximate surface area is 183 Å². The van der Waals surface area contributed by atoms with E-state index in [1.54, 1.807) is 41.2 Å². The molecule has 3 heterocycles. The van der Waals surface area contributed by atoms with Crippen LogP contribution in [0.25, 0.3) is 0 Å². The van der Waals surface area contributed by atoms with Gasteiger partial charge < -0.3 is 5.32 Å². The van der Waals surface area contributed by atoms with Crippen molar-refractivity contribution in [1.82, 2.24) is 24.0 Å². The van der Waals surface area contributed by atoms with E-state index in [0.717, 1.165) is 45.2 Å². The number of hydrogen-bond acceptors (Lipinski definition) is 6. The van der Waals surface area contributed by atoms with Gasteiger partial charge in [-0.05, 0) is 50.8 Å². The highest BCUT2D eigenvalue weighted by molar-refractivity contribution is 7.89. The molecule has 0 saturated carbocycles. The predicted molar refractivity (Wildman–Crippen MR) is 117 cm³/mol. The molecule has 2 saturated heterocycles. The molecule has 10 heteroatoms. The first kappa shape index (κ1) is 21.9. The number of nitrogens with zero attached hydrogens (tertiary/aromatic N) is 5. The van der Waals surface area contributed by atoms with Gasteiger partial charge in [-0.3, -0.25) is 9.69 Å². The van der Waals surface area contributed by atoms with Gasteiger partial charge >= 0.3 is 0 Å². The molecular weight excluding hydrogens is 416 g/mol. The number of aromatic nitrogens is 3. The van der Waals surface area contributed by atoms with Crippen molar-refractivity contribution in [3.8, 4) is 0 Å². The minimum atomic E-state index is -3.53. The lowest BCUT2D eigenvalue weighted by Crippen LogP contribution is -2.46. The second kappa shape index (κ2) is 9.46. The summed E-state index contributed by atoms with van der Waals surface area (Å²) in [7, 11) is -3.53. The number of hydrogen-bond donors (Lipinski definition) is 1. The lowest BCUT2D eigenvalue weighted by atomic mass is 10.0. The highest BCUT2D eigenvalue weighted by atomic mass is 32.2. The number of sulfonamides is 1. The van der Waals surface area contributed by atoms with Crippen LogP contribution in [0.2, 0.25) is 0 Å². The monoisotopic (exact) mass is 446 g/mol. The van der Waals surface area contributed by atoms with Gasteiger partial charge in [-0.2, -0.15) is 9.40 Å². The van der Waals surface area contributed by atoms with E-state index in [9.17, 15) is 13.2 Å². The van der Waals surface area contributed by atoms with Crippen molar-refractivity contribution in [2.75, 3.05) is 31.5 Å². The zero-order valence-electron chi connectivity index (χ0n) is 17.9. The summed E-state index contributed by atoms with van der Waals surface area (Å²) in [4.78, 5) is 19.2. The molecule has 1 aromatic heterocycles. The third-order valence-electron chi connectivity index (χ3n) is 6.29. The zero-order valence-corrected chi connectivity index (χ0v) is 18.7. The third kappa shape index (κ3) is 4.97. The standard InChI is InChI=1S/C21H30N6O3S/c1-17(25-12-8-19(9-13-25)27-16-22-15-23-27)21(28)24-18-6-5-7-20(14-18)31(29,30)26-10-3-2-4-11-26/h5-7,14-17,19H,2-4,8-13H2,1H3,(H,24,28). The van der Waals surface area contributed by atoms with E-state index >= 15 is 0 Å². The van der Waals surface area contributed by atoms with Crippen molar-refractivity contribution in [2.24, 2.45) is 0 Å². The van der Waals surface area contributed by atoms with Crippen LogP contribution >= 0.6 is 0 Å². The van der Waals surface area contributed by atoms with Crippen LogP contribution in [0, 0.1) is 0 Å². The second-order valence-electron chi connectivity index (χ2n) is 8.30. The number of carbonyl (C=O) groups is 1. The van der Waals surface area contributed by atoms with Gasteiger partial charge in [0.05, 0.1) is 17.0 Å². The molecule has 0 spiro atoms. The topological polar surface area (TPSA) is 100 Å². The average molecular weight is 447 g/mol. The van der Waals surface area contributed by atoms with E-state index in [-0.39, 0.29) is 16.8 Å². The van der Waals surface area contributed by atoms with E-state index in [4.69, 9.17) is 0 Å². The maximum Gasteiger partial charge on any atom is 0.243 e. The van der Waals surface area contributed by atoms with Crippen molar-refractivity contribution in [3.05, 3.63) is 36.9 Å². The lowest BCUT2D eigenvalue weighted by molar-refractivity contribution is -0.121. The van der Waals surface area contributed by atoms with Gasteiger partial charge in [0.1, 0.15) is 12.7 Å². The third-order valence-corrected chi connectivity index (χ3v) is 8.19. The number of amides is 1. The molecule has 1 amide bonds. The second-order valence-corrected chi connectivity index (χ2v) is 10.2. The number of anilines is 1. The highest BCUT2D eigenvalue weighted by Gasteiger charge is 2.29. The van der Waals surface area contributed by atoms with Crippen LogP contribution in [0.4, 0.5) is 5.69 Å². The molecule has 2 aromatic rings. The lowest BCUT2D eigenvalue weighted by Gasteiger charge is -2.35. The van der Waals surface area contributed by atoms with Gasteiger partial charge in [0.2, 0.25) is 15.9 Å². The highest BCUT2D eigenvalue weighted by Crippen LogP contribution is 2.25. The number of nitrogens with one attached hydrogen (secondary N) is 1. The predicted octanol–water partition coefficient (Wildman–Crippen LogP) is 2.12. The van der Waals surface area contributed by atoms with Gasteiger partial charge in [0.15, 0.2) is 0 Å². The Morgan fingerprint density at radius 3 is 2.55 bits per heavy atom. The summed E-state index contributed by atoms with van der Waals surface area (Å²) in [6.45, 7) is 4.59. The Hall–Kier alpha value is -2.30. The van der Waals surface area contributed by atoms with E-state index in [1.165, 1.54) is 0 Å². The number of benzene rings is 1. The molecule has 2 aliphatic rings. The maximum atomic E-state index is 12.9. The molecule has 0 radical (unpaired) electrons. The van der Waals surface area contributed by atoms with Crippen molar-refractivity contribution in [1.29, 1.82) is 0 Å². The summed E-state index contributed by atoms with van der Waals surface area (Å²) in [6, 6.07) is 6.57. The van der Waals surface area contributed by atoms with E-state index in [0.29, 0.717) is 24.8 Å². The van der Waals surface area contributed by atoms with E-state index in [2.05, 4.69) is 20.3 Å². The Balaban J connectivity index is 1.37. The molecule has 1 N–H and O–H groups in total. The fourth-order valence-corrected chi connectivity index (χ4v) is 5.91. The van der Waals surface area contributed by atoms with Crippen molar-refractivity contribution >= 4 is 21.6 Å². The number of piperidine rings is 2. The summed E-state index contributed by atoms with van der Waals surface area (Å²) < 4.78 is 29.3. The van der Waals surface area contributed by atoms with Gasteiger partial charge in [-0.15, -0.1) is 0 Å². The van der Waals surface area contributed by atoms with Gasteiger partial charge in [0, 0.05) is 31.9 Å². The Kier molecular flexibility index (Phi) is 6.68. The molecule has 1 atom stereocenters. The minimum Gasteiger partial charge on any atom is -0.325 e. The number of likely N-dealkylation sites (tertiary alicyclic amines) is 1. The van der Waals surface area contributed by atoms with Crippen LogP contribution in [-0.4, -0.2) is 70.5 Å². The molecular formula is C21H30N6O3S. The number of rotatable bonds is 6. The Morgan fingerprint density at radius 2 is 1.87 bits per heavy atom. The normalized spacial score (nSPS) is 20.4.